The lowest BCUT2D eigenvalue weighted by Gasteiger charge is -2.10. The molecule has 0 amide bonds. The van der Waals surface area contributed by atoms with Gasteiger partial charge in [-0.25, -0.2) is 0 Å². The first kappa shape index (κ1) is 13.2. The van der Waals surface area contributed by atoms with E-state index < -0.39 is 6.10 Å². The maximum Gasteiger partial charge on any atom is 0.118 e. The average Bonchev–Trinajstić information content (AvgIpc) is 2.17. The van der Waals surface area contributed by atoms with Gasteiger partial charge in [0.25, 0.3) is 0 Å². The highest BCUT2D eigenvalue weighted by atomic mass is 35.5. The third-order valence-corrected chi connectivity index (χ3v) is 2.09. The predicted octanol–water partition coefficient (Wildman–Crippen LogP) is 1.37. The van der Waals surface area contributed by atoms with E-state index in [9.17, 15) is 10.2 Å². The molecule has 0 radical (unpaired) electrons. The summed E-state index contributed by atoms with van der Waals surface area (Å²) in [6.07, 6.45) is 0.114. The lowest BCUT2D eigenvalue weighted by Crippen LogP contribution is -2.11. The third-order valence-electron chi connectivity index (χ3n) is 2.09. The number of aliphatic hydroxyl groups excluding tert-OH is 1. The Hall–Kier alpha value is -0.770. The highest BCUT2D eigenvalue weighted by Crippen LogP contribution is 2.22. The van der Waals surface area contributed by atoms with E-state index in [0.717, 1.165) is 17.5 Å². The summed E-state index contributed by atoms with van der Waals surface area (Å²) in [5.74, 6) is 0.274. The summed E-state index contributed by atoms with van der Waals surface area (Å²) in [4.78, 5) is 0. The maximum atomic E-state index is 9.43. The molecule has 1 aromatic rings. The summed E-state index contributed by atoms with van der Waals surface area (Å²) in [5, 5.41) is 18.8. The molecule has 4 N–H and O–H groups in total. The van der Waals surface area contributed by atoms with Crippen molar-refractivity contribution in [1.29, 1.82) is 0 Å². The lowest BCUT2D eigenvalue weighted by molar-refractivity contribution is 0.186. The summed E-state index contributed by atoms with van der Waals surface area (Å²) in [5.41, 5.74) is 6.92. The van der Waals surface area contributed by atoms with Crippen molar-refractivity contribution in [3.63, 3.8) is 0 Å². The fourth-order valence-electron chi connectivity index (χ4n) is 1.23. The Balaban J connectivity index is 0.00000169. The van der Waals surface area contributed by atoms with Crippen LogP contribution in [0.1, 0.15) is 24.2 Å². The first-order valence-corrected chi connectivity index (χ1v) is 4.39. The van der Waals surface area contributed by atoms with Crippen molar-refractivity contribution in [2.45, 2.75) is 19.4 Å². The Morgan fingerprint density at radius 1 is 1.43 bits per heavy atom. The second-order valence-electron chi connectivity index (χ2n) is 2.99. The first-order valence-electron chi connectivity index (χ1n) is 4.39. The molecule has 80 valence electrons. The van der Waals surface area contributed by atoms with Crippen LogP contribution in [0, 0.1) is 0 Å². The number of aromatic hydroxyl groups is 1. The van der Waals surface area contributed by atoms with Crippen LogP contribution in [0.15, 0.2) is 18.2 Å². The van der Waals surface area contributed by atoms with Gasteiger partial charge in [-0.3, -0.25) is 0 Å². The molecule has 0 aromatic heterocycles. The molecule has 1 unspecified atom stereocenters. The smallest absolute Gasteiger partial charge is 0.118 e. The van der Waals surface area contributed by atoms with Crippen molar-refractivity contribution in [2.75, 3.05) is 6.54 Å². The van der Waals surface area contributed by atoms with E-state index in [2.05, 4.69) is 0 Å². The molecule has 0 aliphatic carbocycles. The maximum absolute atomic E-state index is 9.43. The molecule has 0 saturated heterocycles. The van der Waals surface area contributed by atoms with E-state index in [1.54, 1.807) is 18.2 Å². The van der Waals surface area contributed by atoms with Crippen LogP contribution in [-0.2, 0) is 6.42 Å². The SMILES string of the molecule is CCc1cc(C(O)CN)ccc1O.Cl. The van der Waals surface area contributed by atoms with Crippen LogP contribution in [0.4, 0.5) is 0 Å². The Kier molecular flexibility index (Phi) is 5.53. The number of aliphatic hydroxyl groups is 1. The molecule has 14 heavy (non-hydrogen) atoms. The largest absolute Gasteiger partial charge is 0.508 e. The summed E-state index contributed by atoms with van der Waals surface area (Å²) < 4.78 is 0. The van der Waals surface area contributed by atoms with Gasteiger partial charge in [0, 0.05) is 6.54 Å². The number of hydrogen-bond donors (Lipinski definition) is 3. The third kappa shape index (κ3) is 2.87. The molecule has 0 aliphatic heterocycles. The van der Waals surface area contributed by atoms with Crippen molar-refractivity contribution in [3.05, 3.63) is 29.3 Å². The molecule has 1 atom stereocenters. The van der Waals surface area contributed by atoms with Crippen molar-refractivity contribution in [1.82, 2.24) is 0 Å². The van der Waals surface area contributed by atoms with Crippen LogP contribution in [0.5, 0.6) is 5.75 Å². The predicted molar refractivity (Wildman–Crippen MR) is 58.7 cm³/mol. The average molecular weight is 218 g/mol. The molecule has 4 heteroatoms. The van der Waals surface area contributed by atoms with Crippen molar-refractivity contribution in [2.24, 2.45) is 5.73 Å². The second kappa shape index (κ2) is 5.86. The minimum atomic E-state index is -0.633. The van der Waals surface area contributed by atoms with Crippen molar-refractivity contribution >= 4 is 12.4 Å². The van der Waals surface area contributed by atoms with Gasteiger partial charge in [-0.05, 0) is 29.7 Å². The number of hydrogen-bond acceptors (Lipinski definition) is 3. The van der Waals surface area contributed by atoms with E-state index >= 15 is 0 Å². The van der Waals surface area contributed by atoms with Gasteiger partial charge in [0.2, 0.25) is 0 Å². The van der Waals surface area contributed by atoms with Gasteiger partial charge in [-0.2, -0.15) is 0 Å². The Labute approximate surface area is 90.0 Å². The molecular weight excluding hydrogens is 202 g/mol. The molecule has 1 rings (SSSR count). The fourth-order valence-corrected chi connectivity index (χ4v) is 1.23. The van der Waals surface area contributed by atoms with Gasteiger partial charge in [0.05, 0.1) is 6.10 Å². The summed E-state index contributed by atoms with van der Waals surface area (Å²) in [6.45, 7) is 2.15. The number of rotatable bonds is 3. The van der Waals surface area contributed by atoms with Crippen LogP contribution >= 0.6 is 12.4 Å². The number of benzene rings is 1. The Morgan fingerprint density at radius 2 is 2.07 bits per heavy atom. The van der Waals surface area contributed by atoms with Crippen LogP contribution in [0.2, 0.25) is 0 Å². The zero-order valence-corrected chi connectivity index (χ0v) is 8.92. The minimum Gasteiger partial charge on any atom is -0.508 e. The minimum absolute atomic E-state index is 0. The highest BCUT2D eigenvalue weighted by Gasteiger charge is 2.07. The zero-order valence-electron chi connectivity index (χ0n) is 8.10. The number of phenolic OH excluding ortho intramolecular Hbond substituents is 1. The molecule has 1 aromatic carbocycles. The second-order valence-corrected chi connectivity index (χ2v) is 2.99. The summed E-state index contributed by atoms with van der Waals surface area (Å²) in [7, 11) is 0. The normalized spacial score (nSPS) is 11.9. The van der Waals surface area contributed by atoms with Gasteiger partial charge in [0.1, 0.15) is 5.75 Å². The number of aryl methyl sites for hydroxylation is 1. The van der Waals surface area contributed by atoms with Crippen LogP contribution in [0.25, 0.3) is 0 Å². The topological polar surface area (TPSA) is 66.5 Å². The van der Waals surface area contributed by atoms with Crippen LogP contribution < -0.4 is 5.73 Å². The molecule has 0 saturated carbocycles. The molecular formula is C10H16ClNO2. The monoisotopic (exact) mass is 217 g/mol. The molecule has 0 aliphatic rings. The molecule has 3 nitrogen and oxygen atoms in total. The van der Waals surface area contributed by atoms with Crippen LogP contribution in [0.3, 0.4) is 0 Å². The number of phenols is 1. The lowest BCUT2D eigenvalue weighted by atomic mass is 10.0. The van der Waals surface area contributed by atoms with E-state index in [1.807, 2.05) is 6.92 Å². The highest BCUT2D eigenvalue weighted by molar-refractivity contribution is 5.85. The number of halogens is 1. The molecule has 0 fully saturated rings. The molecule has 0 spiro atoms. The van der Waals surface area contributed by atoms with E-state index in [-0.39, 0.29) is 24.7 Å². The van der Waals surface area contributed by atoms with Crippen molar-refractivity contribution in [3.8, 4) is 5.75 Å². The van der Waals surface area contributed by atoms with Gasteiger partial charge in [0.15, 0.2) is 0 Å². The zero-order chi connectivity index (χ0) is 9.84. The van der Waals surface area contributed by atoms with Gasteiger partial charge < -0.3 is 15.9 Å². The van der Waals surface area contributed by atoms with Gasteiger partial charge in [-0.1, -0.05) is 13.0 Å². The van der Waals surface area contributed by atoms with Gasteiger partial charge >= 0.3 is 0 Å². The molecule has 0 bridgehead atoms. The van der Waals surface area contributed by atoms with E-state index in [0.29, 0.717) is 0 Å². The van der Waals surface area contributed by atoms with Gasteiger partial charge in [-0.15, -0.1) is 12.4 Å². The quantitative estimate of drug-likeness (QED) is 0.717. The standard InChI is InChI=1S/C10H15NO2.ClH/c1-2-7-5-8(10(13)6-11)3-4-9(7)12;/h3-5,10,12-13H,2,6,11H2,1H3;1H. The van der Waals surface area contributed by atoms with Crippen molar-refractivity contribution < 1.29 is 10.2 Å². The summed E-state index contributed by atoms with van der Waals surface area (Å²) >= 11 is 0. The molecule has 0 heterocycles. The number of nitrogens with two attached hydrogens (primary N) is 1. The summed E-state index contributed by atoms with van der Waals surface area (Å²) in [6, 6.07) is 5.06. The van der Waals surface area contributed by atoms with E-state index in [4.69, 9.17) is 5.73 Å². The first-order chi connectivity index (χ1) is 6.19. The van der Waals surface area contributed by atoms with E-state index in [1.165, 1.54) is 0 Å². The Morgan fingerprint density at radius 3 is 2.57 bits per heavy atom. The fraction of sp³-hybridized carbons (Fsp3) is 0.400. The van der Waals surface area contributed by atoms with Crippen LogP contribution in [-0.4, -0.2) is 16.8 Å². The Bertz CT molecular complexity index is 291.